The fraction of sp³-hybridized carbons (Fsp3) is 0.545. The molecule has 0 saturated heterocycles. The van der Waals surface area contributed by atoms with Gasteiger partial charge in [-0.25, -0.2) is 9.97 Å². The first-order valence-electron chi connectivity index (χ1n) is 6.17. The molecule has 110 valence electrons. The smallest absolute Gasteiger partial charge is 0.353 e. The summed E-state index contributed by atoms with van der Waals surface area (Å²) in [5.74, 6) is -0.664. The summed E-state index contributed by atoms with van der Waals surface area (Å²) >= 11 is 0. The average Bonchev–Trinajstić information content (AvgIpc) is 2.35. The van der Waals surface area contributed by atoms with Gasteiger partial charge in [0.15, 0.2) is 0 Å². The maximum absolute atomic E-state index is 11.4. The molecule has 0 radical (unpaired) electrons. The van der Waals surface area contributed by atoms with Gasteiger partial charge < -0.3 is 16.4 Å². The summed E-state index contributed by atoms with van der Waals surface area (Å²) in [7, 11) is 0. The molecular formula is C11H18N6O3. The number of hydrogen-bond acceptors (Lipinski definition) is 7. The van der Waals surface area contributed by atoms with Crippen LogP contribution in [0, 0.1) is 16.0 Å². The largest absolute Gasteiger partial charge is 0.368 e. The van der Waals surface area contributed by atoms with Gasteiger partial charge in [0.2, 0.25) is 17.5 Å². The van der Waals surface area contributed by atoms with Gasteiger partial charge in [0, 0.05) is 6.54 Å². The van der Waals surface area contributed by atoms with Crippen LogP contribution in [-0.2, 0) is 4.79 Å². The molecule has 0 aliphatic heterocycles. The van der Waals surface area contributed by atoms with E-state index in [1.165, 1.54) is 6.33 Å². The molecule has 0 aliphatic carbocycles. The third-order valence-electron chi connectivity index (χ3n) is 2.61. The van der Waals surface area contributed by atoms with Gasteiger partial charge in [-0.15, -0.1) is 0 Å². The van der Waals surface area contributed by atoms with Crippen molar-refractivity contribution in [3.05, 3.63) is 16.4 Å². The van der Waals surface area contributed by atoms with Gasteiger partial charge in [0.25, 0.3) is 0 Å². The standard InChI is InChI=1S/C11H18N6O3/c1-4-13-10-8(17(19)20)11(15-5-14-10)16-7(6(2)3)9(12)18/h5-7H,4H2,1-3H3,(H2,12,18)(H2,13,14,15,16). The van der Waals surface area contributed by atoms with E-state index >= 15 is 0 Å². The predicted molar refractivity (Wildman–Crippen MR) is 74.3 cm³/mol. The first-order valence-corrected chi connectivity index (χ1v) is 6.17. The summed E-state index contributed by atoms with van der Waals surface area (Å²) < 4.78 is 0. The maximum Gasteiger partial charge on any atom is 0.353 e. The van der Waals surface area contributed by atoms with Gasteiger partial charge in [-0.3, -0.25) is 14.9 Å². The fourth-order valence-corrected chi connectivity index (χ4v) is 1.67. The van der Waals surface area contributed by atoms with E-state index < -0.39 is 16.9 Å². The number of primary amides is 1. The molecule has 0 aromatic carbocycles. The van der Waals surface area contributed by atoms with Gasteiger partial charge in [-0.2, -0.15) is 0 Å². The highest BCUT2D eigenvalue weighted by Crippen LogP contribution is 2.29. The Bertz CT molecular complexity index is 505. The lowest BCUT2D eigenvalue weighted by Crippen LogP contribution is -2.40. The van der Waals surface area contributed by atoms with Gasteiger partial charge in [0.05, 0.1) is 4.92 Å². The normalized spacial score (nSPS) is 12.0. The number of carbonyl (C=O) groups excluding carboxylic acids is 1. The van der Waals surface area contributed by atoms with E-state index in [2.05, 4.69) is 20.6 Å². The monoisotopic (exact) mass is 282 g/mol. The quantitative estimate of drug-likeness (QED) is 0.495. The zero-order valence-corrected chi connectivity index (χ0v) is 11.6. The van der Waals surface area contributed by atoms with Gasteiger partial charge >= 0.3 is 5.69 Å². The van der Waals surface area contributed by atoms with Crippen LogP contribution in [0.4, 0.5) is 17.3 Å². The van der Waals surface area contributed by atoms with Crippen molar-refractivity contribution in [3.8, 4) is 0 Å². The number of hydrogen-bond donors (Lipinski definition) is 3. The number of aromatic nitrogens is 2. The highest BCUT2D eigenvalue weighted by atomic mass is 16.6. The molecule has 1 aromatic rings. The Morgan fingerprint density at radius 2 is 2.05 bits per heavy atom. The van der Waals surface area contributed by atoms with Crippen molar-refractivity contribution in [2.45, 2.75) is 26.8 Å². The van der Waals surface area contributed by atoms with Crippen molar-refractivity contribution >= 4 is 23.2 Å². The molecule has 1 atom stereocenters. The first kappa shape index (κ1) is 15.6. The van der Waals surface area contributed by atoms with E-state index in [1.807, 2.05) is 0 Å². The van der Waals surface area contributed by atoms with Crippen LogP contribution in [0.25, 0.3) is 0 Å². The summed E-state index contributed by atoms with van der Waals surface area (Å²) in [5.41, 5.74) is 4.97. The van der Waals surface area contributed by atoms with Gasteiger partial charge in [-0.1, -0.05) is 13.8 Å². The van der Waals surface area contributed by atoms with Gasteiger partial charge in [0.1, 0.15) is 12.4 Å². The summed E-state index contributed by atoms with van der Waals surface area (Å²) in [4.78, 5) is 29.6. The Balaban J connectivity index is 3.20. The molecule has 9 nitrogen and oxygen atoms in total. The number of nitrogens with zero attached hydrogens (tertiary/aromatic N) is 3. The third-order valence-corrected chi connectivity index (χ3v) is 2.61. The molecule has 9 heteroatoms. The number of nitrogens with one attached hydrogen (secondary N) is 2. The van der Waals surface area contributed by atoms with Crippen LogP contribution in [0.15, 0.2) is 6.33 Å². The number of amides is 1. The second-order valence-corrected chi connectivity index (χ2v) is 4.48. The SMILES string of the molecule is CCNc1ncnc(NC(C(N)=O)C(C)C)c1[N+](=O)[O-]. The average molecular weight is 282 g/mol. The molecule has 1 rings (SSSR count). The van der Waals surface area contributed by atoms with Crippen molar-refractivity contribution in [2.75, 3.05) is 17.2 Å². The van der Waals surface area contributed by atoms with E-state index in [4.69, 9.17) is 5.73 Å². The van der Waals surface area contributed by atoms with Crippen LogP contribution in [0.1, 0.15) is 20.8 Å². The van der Waals surface area contributed by atoms with Crippen LogP contribution in [0.2, 0.25) is 0 Å². The van der Waals surface area contributed by atoms with Gasteiger partial charge in [-0.05, 0) is 12.8 Å². The van der Waals surface area contributed by atoms with Crippen LogP contribution in [-0.4, -0.2) is 33.4 Å². The van der Waals surface area contributed by atoms with Crippen LogP contribution in [0.5, 0.6) is 0 Å². The topological polar surface area (TPSA) is 136 Å². The lowest BCUT2D eigenvalue weighted by atomic mass is 10.0. The van der Waals surface area contributed by atoms with Crippen molar-refractivity contribution in [1.82, 2.24) is 9.97 Å². The third kappa shape index (κ3) is 3.53. The van der Waals surface area contributed by atoms with Crippen molar-refractivity contribution in [1.29, 1.82) is 0 Å². The highest BCUT2D eigenvalue weighted by molar-refractivity contribution is 5.84. The molecule has 1 heterocycles. The molecule has 1 aromatic heterocycles. The number of anilines is 2. The number of rotatable bonds is 7. The number of nitro groups is 1. The summed E-state index contributed by atoms with van der Waals surface area (Å²) in [6, 6.07) is -0.752. The molecular weight excluding hydrogens is 264 g/mol. The second kappa shape index (κ2) is 6.64. The lowest BCUT2D eigenvalue weighted by molar-refractivity contribution is -0.383. The van der Waals surface area contributed by atoms with E-state index in [0.717, 1.165) is 0 Å². The minimum atomic E-state index is -0.752. The zero-order chi connectivity index (χ0) is 15.3. The summed E-state index contributed by atoms with van der Waals surface area (Å²) in [6.45, 7) is 5.82. The van der Waals surface area contributed by atoms with Crippen molar-refractivity contribution < 1.29 is 9.72 Å². The zero-order valence-electron chi connectivity index (χ0n) is 11.6. The summed E-state index contributed by atoms with van der Waals surface area (Å²) in [6.07, 6.45) is 1.19. The first-order chi connectivity index (χ1) is 9.38. The van der Waals surface area contributed by atoms with Crippen LogP contribution >= 0.6 is 0 Å². The Kier molecular flexibility index (Phi) is 5.18. The molecule has 0 bridgehead atoms. The van der Waals surface area contributed by atoms with E-state index in [1.54, 1.807) is 20.8 Å². The van der Waals surface area contributed by atoms with E-state index in [-0.39, 0.29) is 23.2 Å². The number of carbonyl (C=O) groups is 1. The molecule has 0 fully saturated rings. The molecule has 0 aliphatic rings. The van der Waals surface area contributed by atoms with Crippen molar-refractivity contribution in [2.24, 2.45) is 11.7 Å². The molecule has 1 amide bonds. The molecule has 0 spiro atoms. The minimum absolute atomic E-state index is 0.0292. The highest BCUT2D eigenvalue weighted by Gasteiger charge is 2.27. The Labute approximate surface area is 116 Å². The lowest BCUT2D eigenvalue weighted by Gasteiger charge is -2.19. The minimum Gasteiger partial charge on any atom is -0.368 e. The van der Waals surface area contributed by atoms with E-state index in [0.29, 0.717) is 6.54 Å². The van der Waals surface area contributed by atoms with Crippen molar-refractivity contribution in [3.63, 3.8) is 0 Å². The molecule has 0 saturated carbocycles. The van der Waals surface area contributed by atoms with E-state index in [9.17, 15) is 14.9 Å². The molecule has 1 unspecified atom stereocenters. The number of nitrogens with two attached hydrogens (primary N) is 1. The summed E-state index contributed by atoms with van der Waals surface area (Å²) in [5, 5.41) is 16.7. The van der Waals surface area contributed by atoms with Crippen LogP contribution in [0.3, 0.4) is 0 Å². The second-order valence-electron chi connectivity index (χ2n) is 4.48. The Morgan fingerprint density at radius 1 is 1.45 bits per heavy atom. The Morgan fingerprint density at radius 3 is 2.50 bits per heavy atom. The fourth-order valence-electron chi connectivity index (χ4n) is 1.67. The maximum atomic E-state index is 11.4. The predicted octanol–water partition coefficient (Wildman–Crippen LogP) is 0.738. The molecule has 20 heavy (non-hydrogen) atoms. The molecule has 4 N–H and O–H groups in total. The Hall–Kier alpha value is -2.45. The van der Waals surface area contributed by atoms with Crippen LogP contribution < -0.4 is 16.4 Å².